The van der Waals surface area contributed by atoms with E-state index in [1.807, 2.05) is 5.57 Å². The van der Waals surface area contributed by atoms with Gasteiger partial charge in [0.05, 0.1) is 0 Å². The first kappa shape index (κ1) is 34.0. The zero-order valence-electron chi connectivity index (χ0n) is 34.2. The molecule has 2 heteroatoms. The SMILES string of the molecule is C1=CC(C2CCCC3=C2OC2C3C=CC3CC32)C2C=C3C(C4=C5Oc6ccccc6C5CC=C4)CCCC3C(C3=CCCC4C5C=CC=CC5C5(CCCC5)C34)C2=C1. The Morgan fingerprint density at radius 1 is 0.707 bits per heavy atom. The first-order chi connectivity index (χ1) is 28.7. The van der Waals surface area contributed by atoms with Gasteiger partial charge in [-0.2, -0.15) is 0 Å². The molecule has 0 N–H and O–H groups in total. The van der Waals surface area contributed by atoms with Gasteiger partial charge in [-0.3, -0.25) is 0 Å². The Bertz CT molecular complexity index is 2270. The minimum Gasteiger partial charge on any atom is -0.493 e. The third kappa shape index (κ3) is 4.62. The summed E-state index contributed by atoms with van der Waals surface area (Å²) in [6.07, 6.45) is 52.7. The molecule has 15 unspecified atom stereocenters. The average Bonchev–Trinajstić information content (AvgIpc) is 3.56. The molecule has 296 valence electrons. The fourth-order valence-electron chi connectivity index (χ4n) is 16.9. The number of hydrogen-bond acceptors (Lipinski definition) is 2. The van der Waals surface area contributed by atoms with Crippen molar-refractivity contribution in [2.45, 2.75) is 102 Å². The van der Waals surface area contributed by atoms with Gasteiger partial charge >= 0.3 is 0 Å². The van der Waals surface area contributed by atoms with E-state index in [0.29, 0.717) is 76.6 Å². The van der Waals surface area contributed by atoms with E-state index in [2.05, 4.69) is 103 Å². The molecule has 13 aliphatic rings. The number of para-hydroxylation sites is 1. The van der Waals surface area contributed by atoms with Gasteiger partial charge in [0.25, 0.3) is 0 Å². The van der Waals surface area contributed by atoms with Crippen molar-refractivity contribution in [2.75, 3.05) is 0 Å². The van der Waals surface area contributed by atoms with Crippen molar-refractivity contribution in [3.8, 4) is 5.75 Å². The quantitative estimate of drug-likeness (QED) is 0.285. The minimum atomic E-state index is 0.361. The van der Waals surface area contributed by atoms with E-state index in [9.17, 15) is 0 Å². The number of benzene rings is 1. The van der Waals surface area contributed by atoms with Gasteiger partial charge in [-0.25, -0.2) is 0 Å². The average molecular weight is 765 g/mol. The van der Waals surface area contributed by atoms with E-state index in [0.717, 1.165) is 29.9 Å². The van der Waals surface area contributed by atoms with Crippen LogP contribution in [0.1, 0.15) is 101 Å². The summed E-state index contributed by atoms with van der Waals surface area (Å²) in [5, 5.41) is 0. The van der Waals surface area contributed by atoms with Gasteiger partial charge in [-0.1, -0.05) is 133 Å². The maximum Gasteiger partial charge on any atom is 0.130 e. The van der Waals surface area contributed by atoms with Gasteiger partial charge in [-0.15, -0.1) is 0 Å². The lowest BCUT2D eigenvalue weighted by Gasteiger charge is -2.52. The molecule has 0 amide bonds. The molecule has 1 aromatic rings. The molecule has 1 spiro atoms. The van der Waals surface area contributed by atoms with Gasteiger partial charge < -0.3 is 9.47 Å². The first-order valence-electron chi connectivity index (χ1n) is 24.2. The Hall–Kier alpha value is -3.78. The maximum absolute atomic E-state index is 7.28. The van der Waals surface area contributed by atoms with Gasteiger partial charge in [0.1, 0.15) is 23.4 Å². The zero-order valence-corrected chi connectivity index (χ0v) is 34.2. The molecule has 0 saturated heterocycles. The summed E-state index contributed by atoms with van der Waals surface area (Å²) >= 11 is 0. The van der Waals surface area contributed by atoms with Crippen molar-refractivity contribution < 1.29 is 9.47 Å². The standard InChI is InChI=1S/C56H60O2/c1-3-24-49-35(12-1)39-18-9-23-45(52(39)56(49)28-5-6-29-56)51-37-16-7-14-33(40-19-10-21-42-36-13-2-4-25-50(36)57-53(40)42)47(37)31-48-34(15-8-17-38(48)51)41-20-11-22-43-44-27-26-32-30-46(32)55(44)58-54(41)43/h1-4,8,10,12-13,15,17,19,23-27,31-35,37,39,41-42,44,46,48-49,51-52,55H,5-7,9,11,14,16,18,20-22,28-30H2. The van der Waals surface area contributed by atoms with Crippen LogP contribution in [-0.2, 0) is 4.74 Å². The van der Waals surface area contributed by atoms with Gasteiger partial charge in [0.15, 0.2) is 0 Å². The predicted octanol–water partition coefficient (Wildman–Crippen LogP) is 13.2. The van der Waals surface area contributed by atoms with E-state index in [4.69, 9.17) is 9.47 Å². The summed E-state index contributed by atoms with van der Waals surface area (Å²) in [6.45, 7) is 0. The lowest BCUT2D eigenvalue weighted by molar-refractivity contribution is 0.0691. The molecule has 4 saturated carbocycles. The molecule has 11 aliphatic carbocycles. The van der Waals surface area contributed by atoms with Gasteiger partial charge in [0, 0.05) is 47.0 Å². The largest absolute Gasteiger partial charge is 0.493 e. The summed E-state index contributed by atoms with van der Waals surface area (Å²) in [7, 11) is 0. The van der Waals surface area contributed by atoms with Crippen molar-refractivity contribution in [1.29, 1.82) is 0 Å². The molecular weight excluding hydrogens is 705 g/mol. The number of allylic oxidation sites excluding steroid dienone is 18. The van der Waals surface area contributed by atoms with Crippen LogP contribution in [0, 0.1) is 82.3 Å². The number of fused-ring (bicyclic) bond motifs is 14. The number of ether oxygens (including phenoxy) is 2. The Labute approximate surface area is 346 Å². The Kier molecular flexibility index (Phi) is 7.40. The third-order valence-corrected chi connectivity index (χ3v) is 19.0. The summed E-state index contributed by atoms with van der Waals surface area (Å²) in [4.78, 5) is 0. The van der Waals surface area contributed by atoms with Crippen LogP contribution in [-0.4, -0.2) is 6.10 Å². The molecule has 4 fully saturated rings. The van der Waals surface area contributed by atoms with E-state index in [1.54, 1.807) is 16.7 Å². The highest BCUT2D eigenvalue weighted by Gasteiger charge is 2.63. The molecule has 15 atom stereocenters. The van der Waals surface area contributed by atoms with Crippen molar-refractivity contribution in [3.63, 3.8) is 0 Å². The van der Waals surface area contributed by atoms with E-state index >= 15 is 0 Å². The van der Waals surface area contributed by atoms with Crippen LogP contribution in [0.4, 0.5) is 0 Å². The second-order valence-corrected chi connectivity index (χ2v) is 21.2. The van der Waals surface area contributed by atoms with E-state index in [-0.39, 0.29) is 0 Å². The van der Waals surface area contributed by atoms with Crippen LogP contribution in [0.2, 0.25) is 0 Å². The van der Waals surface area contributed by atoms with Gasteiger partial charge in [-0.05, 0) is 135 Å². The molecule has 14 rings (SSSR count). The second kappa shape index (κ2) is 12.6. The highest BCUT2D eigenvalue weighted by atomic mass is 16.5. The highest BCUT2D eigenvalue weighted by Crippen LogP contribution is 2.70. The van der Waals surface area contributed by atoms with Crippen LogP contribution >= 0.6 is 0 Å². The molecule has 58 heavy (non-hydrogen) atoms. The van der Waals surface area contributed by atoms with E-state index in [1.165, 1.54) is 106 Å². The molecule has 0 bridgehead atoms. The highest BCUT2D eigenvalue weighted by molar-refractivity contribution is 5.54. The fraction of sp³-hybridized carbons (Fsp3) is 0.536. The fourth-order valence-corrected chi connectivity index (χ4v) is 16.9. The molecule has 1 aromatic carbocycles. The first-order valence-corrected chi connectivity index (χ1v) is 24.2. The van der Waals surface area contributed by atoms with Gasteiger partial charge in [0.2, 0.25) is 0 Å². The molecular formula is C56H60O2. The van der Waals surface area contributed by atoms with Crippen LogP contribution in [0.3, 0.4) is 0 Å². The zero-order chi connectivity index (χ0) is 37.7. The van der Waals surface area contributed by atoms with Crippen LogP contribution in [0.25, 0.3) is 0 Å². The van der Waals surface area contributed by atoms with Crippen LogP contribution < -0.4 is 4.74 Å². The maximum atomic E-state index is 7.28. The molecule has 2 aliphatic heterocycles. The monoisotopic (exact) mass is 764 g/mol. The molecule has 2 heterocycles. The lowest BCUT2D eigenvalue weighted by atomic mass is 9.52. The Morgan fingerprint density at radius 2 is 1.60 bits per heavy atom. The summed E-state index contributed by atoms with van der Waals surface area (Å²) < 4.78 is 14.2. The van der Waals surface area contributed by atoms with Crippen molar-refractivity contribution >= 4 is 0 Å². The topological polar surface area (TPSA) is 18.5 Å². The lowest BCUT2D eigenvalue weighted by Crippen LogP contribution is -2.43. The van der Waals surface area contributed by atoms with Crippen LogP contribution in [0.5, 0.6) is 5.75 Å². The second-order valence-electron chi connectivity index (χ2n) is 21.2. The molecule has 0 aromatic heterocycles. The number of hydrogen-bond donors (Lipinski definition) is 0. The number of rotatable bonds is 3. The predicted molar refractivity (Wildman–Crippen MR) is 231 cm³/mol. The van der Waals surface area contributed by atoms with Crippen molar-refractivity contribution in [2.24, 2.45) is 82.3 Å². The van der Waals surface area contributed by atoms with Crippen LogP contribution in [0.15, 0.2) is 143 Å². The van der Waals surface area contributed by atoms with Crippen molar-refractivity contribution in [3.05, 3.63) is 148 Å². The normalized spacial score (nSPS) is 45.0. The summed E-state index contributed by atoms with van der Waals surface area (Å²) in [5.41, 5.74) is 10.4. The van der Waals surface area contributed by atoms with Crippen molar-refractivity contribution in [1.82, 2.24) is 0 Å². The molecule has 0 radical (unpaired) electrons. The summed E-state index contributed by atoms with van der Waals surface area (Å²) in [6, 6.07) is 8.89. The smallest absolute Gasteiger partial charge is 0.130 e. The van der Waals surface area contributed by atoms with E-state index < -0.39 is 0 Å². The third-order valence-electron chi connectivity index (χ3n) is 19.0. The Morgan fingerprint density at radius 3 is 2.57 bits per heavy atom. The summed E-state index contributed by atoms with van der Waals surface area (Å²) in [5.74, 6) is 12.0. The molecule has 2 nitrogen and oxygen atoms in total. The minimum absolute atomic E-state index is 0.361. The Balaban J connectivity index is 0.913.